The molecule has 0 N–H and O–H groups in total. The van der Waals surface area contributed by atoms with E-state index < -0.39 is 0 Å². The van der Waals surface area contributed by atoms with Gasteiger partial charge in [-0.3, -0.25) is 0 Å². The number of rotatable bonds is 8. The van der Waals surface area contributed by atoms with E-state index in [1.165, 1.54) is 38.5 Å². The van der Waals surface area contributed by atoms with Crippen molar-refractivity contribution in [3.05, 3.63) is 5.57 Å². The zero-order chi connectivity index (χ0) is 11.7. The number of hydrogen-bond donors (Lipinski definition) is 0. The molecule has 0 bridgehead atoms. The first kappa shape index (κ1) is 14.5. The zero-order valence-electron chi connectivity index (χ0n) is 10.9. The van der Waals surface area contributed by atoms with Gasteiger partial charge in [0.2, 0.25) is 0 Å². The fourth-order valence-electron chi connectivity index (χ4n) is 1.67. The van der Waals surface area contributed by atoms with Crippen LogP contribution in [-0.2, 0) is 4.79 Å². The molecule has 15 heavy (non-hydrogen) atoms. The Balaban J connectivity index is 3.62. The summed E-state index contributed by atoms with van der Waals surface area (Å²) in [7, 11) is 0. The fraction of sp³-hybridized carbons (Fsp3) is 0.857. The molecule has 0 saturated heterocycles. The standard InChI is InChI=1S/C14H26O/c1-5-6-7-8-9-10-11-14(3,4)13(2)12-15/h5-11H2,1-4H3. The van der Waals surface area contributed by atoms with E-state index >= 15 is 0 Å². The molecule has 0 radical (unpaired) electrons. The van der Waals surface area contributed by atoms with Crippen LogP contribution >= 0.6 is 0 Å². The van der Waals surface area contributed by atoms with Crippen LogP contribution in [0.4, 0.5) is 0 Å². The predicted octanol–water partition coefficient (Wildman–Crippen LogP) is 4.54. The van der Waals surface area contributed by atoms with Gasteiger partial charge in [0, 0.05) is 5.57 Å². The Kier molecular flexibility index (Phi) is 7.42. The van der Waals surface area contributed by atoms with Crippen molar-refractivity contribution in [3.63, 3.8) is 0 Å². The van der Waals surface area contributed by atoms with Gasteiger partial charge >= 0.3 is 0 Å². The second-order valence-electron chi connectivity index (χ2n) is 5.13. The summed E-state index contributed by atoms with van der Waals surface area (Å²) >= 11 is 0. The maximum Gasteiger partial charge on any atom is 0.123 e. The van der Waals surface area contributed by atoms with Gasteiger partial charge in [0.15, 0.2) is 0 Å². The molecule has 1 nitrogen and oxygen atoms in total. The van der Waals surface area contributed by atoms with Gasteiger partial charge in [-0.2, -0.15) is 0 Å². The average molecular weight is 210 g/mol. The van der Waals surface area contributed by atoms with Crippen LogP contribution in [0.5, 0.6) is 0 Å². The summed E-state index contributed by atoms with van der Waals surface area (Å²) in [4.78, 5) is 10.6. The molecule has 0 aliphatic carbocycles. The molecule has 0 spiro atoms. The third-order valence-corrected chi connectivity index (χ3v) is 3.32. The molecular weight excluding hydrogens is 184 g/mol. The van der Waals surface area contributed by atoms with Crippen molar-refractivity contribution >= 4 is 5.94 Å². The molecule has 0 aromatic rings. The highest BCUT2D eigenvalue weighted by atomic mass is 16.1. The molecule has 88 valence electrons. The third-order valence-electron chi connectivity index (χ3n) is 3.32. The second kappa shape index (κ2) is 7.70. The Labute approximate surface area is 95.0 Å². The number of carbonyl (C=O) groups excluding carboxylic acids is 1. The number of hydrogen-bond acceptors (Lipinski definition) is 1. The lowest BCUT2D eigenvalue weighted by Gasteiger charge is -2.23. The van der Waals surface area contributed by atoms with E-state index in [4.69, 9.17) is 0 Å². The van der Waals surface area contributed by atoms with Gasteiger partial charge in [-0.25, -0.2) is 4.79 Å². The summed E-state index contributed by atoms with van der Waals surface area (Å²) in [6, 6.07) is 0. The quantitative estimate of drug-likeness (QED) is 0.424. The molecule has 0 fully saturated rings. The SMILES string of the molecule is CCCCCCCCC(C)(C)C(C)=C=O. The van der Waals surface area contributed by atoms with Crippen molar-refractivity contribution in [2.75, 3.05) is 0 Å². The number of unbranched alkanes of at least 4 members (excludes halogenated alkanes) is 5. The van der Waals surface area contributed by atoms with Gasteiger partial charge in [-0.15, -0.1) is 0 Å². The molecule has 0 aromatic carbocycles. The number of allylic oxidation sites excluding steroid dienone is 1. The highest BCUT2D eigenvalue weighted by molar-refractivity contribution is 5.53. The van der Waals surface area contributed by atoms with E-state index in [0.29, 0.717) is 0 Å². The first-order chi connectivity index (χ1) is 7.04. The van der Waals surface area contributed by atoms with Crippen molar-refractivity contribution in [1.29, 1.82) is 0 Å². The van der Waals surface area contributed by atoms with Crippen LogP contribution in [0.1, 0.15) is 72.6 Å². The second-order valence-corrected chi connectivity index (χ2v) is 5.13. The zero-order valence-corrected chi connectivity index (χ0v) is 10.9. The molecule has 0 aromatic heterocycles. The van der Waals surface area contributed by atoms with E-state index in [1.807, 2.05) is 12.9 Å². The average Bonchev–Trinajstić information content (AvgIpc) is 2.22. The van der Waals surface area contributed by atoms with Crippen LogP contribution in [-0.4, -0.2) is 5.94 Å². The highest BCUT2D eigenvalue weighted by Gasteiger charge is 2.20. The Hall–Kier alpha value is -0.550. The van der Waals surface area contributed by atoms with Crippen LogP contribution in [0, 0.1) is 5.41 Å². The first-order valence-corrected chi connectivity index (χ1v) is 6.26. The van der Waals surface area contributed by atoms with Crippen molar-refractivity contribution in [3.8, 4) is 0 Å². The Morgan fingerprint density at radius 2 is 1.60 bits per heavy atom. The van der Waals surface area contributed by atoms with E-state index in [1.54, 1.807) is 0 Å². The van der Waals surface area contributed by atoms with Gasteiger partial charge in [0.1, 0.15) is 5.94 Å². The largest absolute Gasteiger partial charge is 0.234 e. The molecule has 0 saturated carbocycles. The normalized spacial score (nSPS) is 11.2. The van der Waals surface area contributed by atoms with Crippen LogP contribution in [0.2, 0.25) is 0 Å². The summed E-state index contributed by atoms with van der Waals surface area (Å²) in [6.45, 7) is 8.41. The molecule has 0 rings (SSSR count). The minimum Gasteiger partial charge on any atom is -0.234 e. The maximum absolute atomic E-state index is 10.6. The predicted molar refractivity (Wildman–Crippen MR) is 66.7 cm³/mol. The van der Waals surface area contributed by atoms with Crippen LogP contribution < -0.4 is 0 Å². The molecular formula is C14H26O. The van der Waals surface area contributed by atoms with Crippen LogP contribution in [0.25, 0.3) is 0 Å². The maximum atomic E-state index is 10.6. The van der Waals surface area contributed by atoms with Crippen LogP contribution in [0.15, 0.2) is 5.57 Å². The summed E-state index contributed by atoms with van der Waals surface area (Å²) in [5.41, 5.74) is 0.906. The minimum atomic E-state index is 0.0481. The molecule has 0 unspecified atom stereocenters. The van der Waals surface area contributed by atoms with Crippen LogP contribution in [0.3, 0.4) is 0 Å². The van der Waals surface area contributed by atoms with Gasteiger partial charge in [-0.1, -0.05) is 59.3 Å². The molecule has 0 aliphatic heterocycles. The van der Waals surface area contributed by atoms with Crippen molar-refractivity contribution < 1.29 is 4.79 Å². The highest BCUT2D eigenvalue weighted by Crippen LogP contribution is 2.30. The molecule has 0 atom stereocenters. The Morgan fingerprint density at radius 1 is 1.07 bits per heavy atom. The molecule has 1 heteroatoms. The third kappa shape index (κ3) is 6.52. The lowest BCUT2D eigenvalue weighted by Crippen LogP contribution is -2.13. The van der Waals surface area contributed by atoms with Crippen molar-refractivity contribution in [1.82, 2.24) is 0 Å². The van der Waals surface area contributed by atoms with E-state index in [2.05, 4.69) is 20.8 Å². The molecule has 0 heterocycles. The van der Waals surface area contributed by atoms with Gasteiger partial charge in [-0.05, 0) is 18.8 Å². The smallest absolute Gasteiger partial charge is 0.123 e. The molecule has 0 amide bonds. The van der Waals surface area contributed by atoms with Gasteiger partial charge in [0.25, 0.3) is 0 Å². The minimum absolute atomic E-state index is 0.0481. The van der Waals surface area contributed by atoms with E-state index in [0.717, 1.165) is 12.0 Å². The van der Waals surface area contributed by atoms with Gasteiger partial charge in [0.05, 0.1) is 0 Å². The summed E-state index contributed by atoms with van der Waals surface area (Å²) in [5, 5.41) is 0. The first-order valence-electron chi connectivity index (χ1n) is 6.26. The van der Waals surface area contributed by atoms with Gasteiger partial charge < -0.3 is 0 Å². The summed E-state index contributed by atoms with van der Waals surface area (Å²) in [6.07, 6.45) is 9.01. The summed E-state index contributed by atoms with van der Waals surface area (Å²) in [5.74, 6) is 2.03. The summed E-state index contributed by atoms with van der Waals surface area (Å²) < 4.78 is 0. The Bertz CT molecular complexity index is 209. The topological polar surface area (TPSA) is 17.1 Å². The fourth-order valence-corrected chi connectivity index (χ4v) is 1.67. The monoisotopic (exact) mass is 210 g/mol. The van der Waals surface area contributed by atoms with E-state index in [-0.39, 0.29) is 5.41 Å². The van der Waals surface area contributed by atoms with E-state index in [9.17, 15) is 4.79 Å². The lowest BCUT2D eigenvalue weighted by molar-refractivity contribution is 0.384. The molecule has 0 aliphatic rings. The van der Waals surface area contributed by atoms with Crippen molar-refractivity contribution in [2.45, 2.75) is 72.6 Å². The lowest BCUT2D eigenvalue weighted by atomic mass is 9.81. The Morgan fingerprint density at radius 3 is 2.13 bits per heavy atom. The van der Waals surface area contributed by atoms with Crippen molar-refractivity contribution in [2.24, 2.45) is 5.41 Å².